The summed E-state index contributed by atoms with van der Waals surface area (Å²) in [7, 11) is 0. The molecule has 0 amide bonds. The van der Waals surface area contributed by atoms with Crippen LogP contribution < -0.4 is 0 Å². The number of hydrogen-bond donors (Lipinski definition) is 1. The molecule has 0 aromatic carbocycles. The monoisotopic (exact) mass is 443 g/mol. The first-order valence-corrected chi connectivity index (χ1v) is 11.5. The topological polar surface area (TPSA) is 115 Å². The maximum Gasteiger partial charge on any atom is 0.337 e. The molecule has 0 radical (unpaired) electrons. The number of rotatable bonds is 9. The van der Waals surface area contributed by atoms with Crippen LogP contribution in [0.2, 0.25) is 0 Å². The molecule has 0 aliphatic heterocycles. The number of carboxylic acids is 1. The Kier molecular flexibility index (Phi) is 7.99. The number of hydrogen-bond acceptors (Lipinski definition) is 7. The minimum atomic E-state index is -1.08. The van der Waals surface area contributed by atoms with Gasteiger partial charge in [-0.3, -0.25) is 9.78 Å². The molecule has 32 heavy (non-hydrogen) atoms. The summed E-state index contributed by atoms with van der Waals surface area (Å²) in [5.41, 5.74) is -0.0584. The molecule has 1 saturated carbocycles. The van der Waals surface area contributed by atoms with E-state index < -0.39 is 11.6 Å². The first-order valence-electron chi connectivity index (χ1n) is 11.5. The van der Waals surface area contributed by atoms with Crippen LogP contribution in [0.3, 0.4) is 0 Å². The Bertz CT molecular complexity index is 912. The molecule has 2 aromatic rings. The number of carbonyl (C=O) groups is 2. The van der Waals surface area contributed by atoms with Gasteiger partial charge in [-0.1, -0.05) is 50.1 Å². The van der Waals surface area contributed by atoms with Gasteiger partial charge in [-0.25, -0.2) is 4.79 Å². The average Bonchev–Trinajstić information content (AvgIpc) is 3.23. The van der Waals surface area contributed by atoms with E-state index in [9.17, 15) is 14.7 Å². The molecular weight excluding hydrogens is 410 g/mol. The minimum Gasteiger partial charge on any atom is -0.478 e. The fraction of sp³-hybridized carbons (Fsp3) is 0.625. The van der Waals surface area contributed by atoms with Crippen molar-refractivity contribution in [2.24, 2.45) is 5.92 Å². The molecule has 1 aliphatic carbocycles. The van der Waals surface area contributed by atoms with Gasteiger partial charge in [0.1, 0.15) is 5.60 Å². The normalized spacial score (nSPS) is 16.0. The van der Waals surface area contributed by atoms with E-state index in [1.54, 1.807) is 0 Å². The SMILES string of the molecule is CC(C)(C)OC(=O)CC(CCCC1CCCCC1)c1nc(-c2cncc(C(=O)O)c2)no1. The molecule has 8 nitrogen and oxygen atoms in total. The van der Waals surface area contributed by atoms with E-state index in [1.165, 1.54) is 50.6 Å². The molecule has 8 heteroatoms. The van der Waals surface area contributed by atoms with Crippen molar-refractivity contribution >= 4 is 11.9 Å². The predicted octanol–water partition coefficient (Wildman–Crippen LogP) is 5.40. The molecule has 174 valence electrons. The van der Waals surface area contributed by atoms with Gasteiger partial charge in [0.15, 0.2) is 0 Å². The Morgan fingerprint density at radius 3 is 2.66 bits per heavy atom. The van der Waals surface area contributed by atoms with Crippen molar-refractivity contribution in [2.45, 2.75) is 90.1 Å². The van der Waals surface area contributed by atoms with Crippen molar-refractivity contribution in [3.8, 4) is 11.4 Å². The Labute approximate surface area is 188 Å². The van der Waals surface area contributed by atoms with E-state index in [4.69, 9.17) is 9.26 Å². The molecule has 3 rings (SSSR count). The lowest BCUT2D eigenvalue weighted by Crippen LogP contribution is -2.25. The Hall–Kier alpha value is -2.77. The van der Waals surface area contributed by atoms with Crippen LogP contribution >= 0.6 is 0 Å². The van der Waals surface area contributed by atoms with Crippen molar-refractivity contribution in [1.29, 1.82) is 0 Å². The van der Waals surface area contributed by atoms with Gasteiger partial charge in [-0.2, -0.15) is 4.98 Å². The van der Waals surface area contributed by atoms with Crippen LogP contribution in [0.4, 0.5) is 0 Å². The maximum absolute atomic E-state index is 12.5. The van der Waals surface area contributed by atoms with E-state index >= 15 is 0 Å². The quantitative estimate of drug-likeness (QED) is 0.512. The molecule has 1 N–H and O–H groups in total. The summed E-state index contributed by atoms with van der Waals surface area (Å²) in [5.74, 6) is -0.227. The summed E-state index contributed by atoms with van der Waals surface area (Å²) in [5, 5.41) is 13.2. The number of nitrogens with zero attached hydrogens (tertiary/aromatic N) is 3. The van der Waals surface area contributed by atoms with Crippen molar-refractivity contribution in [1.82, 2.24) is 15.1 Å². The summed E-state index contributed by atoms with van der Waals surface area (Å²) < 4.78 is 11.0. The highest BCUT2D eigenvalue weighted by molar-refractivity contribution is 5.88. The standard InChI is InChI=1S/C24H33N3O5/c1-24(2,3)31-20(28)13-17(11-7-10-16-8-5-4-6-9-16)22-26-21(27-32-22)18-12-19(23(29)30)15-25-14-18/h12,14-17H,4-11,13H2,1-3H3,(H,29,30). The van der Waals surface area contributed by atoms with Crippen molar-refractivity contribution < 1.29 is 24.0 Å². The van der Waals surface area contributed by atoms with Gasteiger partial charge in [0.2, 0.25) is 11.7 Å². The summed E-state index contributed by atoms with van der Waals surface area (Å²) >= 11 is 0. The van der Waals surface area contributed by atoms with Crippen molar-refractivity contribution in [3.05, 3.63) is 29.9 Å². The van der Waals surface area contributed by atoms with Gasteiger partial charge in [0.25, 0.3) is 0 Å². The number of pyridine rings is 1. The lowest BCUT2D eigenvalue weighted by Gasteiger charge is -2.23. The first-order chi connectivity index (χ1) is 15.2. The Morgan fingerprint density at radius 1 is 1.22 bits per heavy atom. The molecule has 0 bridgehead atoms. The second-order valence-electron chi connectivity index (χ2n) is 9.65. The summed E-state index contributed by atoms with van der Waals surface area (Å²) in [6, 6.07) is 1.45. The maximum atomic E-state index is 12.5. The fourth-order valence-corrected chi connectivity index (χ4v) is 4.22. The lowest BCUT2D eigenvalue weighted by atomic mass is 9.84. The number of carboxylic acid groups (broad SMARTS) is 1. The Morgan fingerprint density at radius 2 is 1.97 bits per heavy atom. The predicted molar refractivity (Wildman–Crippen MR) is 118 cm³/mol. The van der Waals surface area contributed by atoms with Gasteiger partial charge in [-0.15, -0.1) is 0 Å². The van der Waals surface area contributed by atoms with Gasteiger partial charge in [0.05, 0.1) is 12.0 Å². The van der Waals surface area contributed by atoms with Crippen LogP contribution in [-0.2, 0) is 9.53 Å². The van der Waals surface area contributed by atoms with Gasteiger partial charge in [-0.05, 0) is 39.2 Å². The third kappa shape index (κ3) is 7.14. The number of carbonyl (C=O) groups excluding carboxylic acids is 1. The van der Waals surface area contributed by atoms with Crippen LogP contribution in [0.25, 0.3) is 11.4 Å². The molecule has 2 aromatic heterocycles. The number of ether oxygens (including phenoxy) is 1. The Balaban J connectivity index is 1.72. The molecule has 1 fully saturated rings. The number of aromatic carboxylic acids is 1. The highest BCUT2D eigenvalue weighted by Crippen LogP contribution is 2.32. The smallest absolute Gasteiger partial charge is 0.337 e. The molecule has 0 spiro atoms. The third-order valence-corrected chi connectivity index (χ3v) is 5.76. The average molecular weight is 444 g/mol. The molecule has 2 heterocycles. The van der Waals surface area contributed by atoms with E-state index in [0.29, 0.717) is 11.5 Å². The van der Waals surface area contributed by atoms with Crippen LogP contribution in [0, 0.1) is 5.92 Å². The van der Waals surface area contributed by atoms with E-state index in [0.717, 1.165) is 25.2 Å². The summed E-state index contributed by atoms with van der Waals surface area (Å²) in [4.78, 5) is 32.2. The zero-order valence-corrected chi connectivity index (χ0v) is 19.2. The van der Waals surface area contributed by atoms with E-state index in [2.05, 4.69) is 15.1 Å². The van der Waals surface area contributed by atoms with Crippen LogP contribution in [0.1, 0.15) is 101 Å². The highest BCUT2D eigenvalue weighted by Gasteiger charge is 2.26. The van der Waals surface area contributed by atoms with Crippen LogP contribution in [-0.4, -0.2) is 37.8 Å². The summed E-state index contributed by atoms with van der Waals surface area (Å²) in [6.45, 7) is 5.53. The zero-order chi connectivity index (χ0) is 23.1. The van der Waals surface area contributed by atoms with Crippen molar-refractivity contribution in [3.63, 3.8) is 0 Å². The van der Waals surface area contributed by atoms with E-state index in [-0.39, 0.29) is 29.7 Å². The van der Waals surface area contributed by atoms with Gasteiger partial charge >= 0.3 is 11.9 Å². The fourth-order valence-electron chi connectivity index (χ4n) is 4.22. The number of aromatic nitrogens is 3. The largest absolute Gasteiger partial charge is 0.478 e. The molecule has 1 atom stereocenters. The van der Waals surface area contributed by atoms with Crippen LogP contribution in [0.15, 0.2) is 23.0 Å². The zero-order valence-electron chi connectivity index (χ0n) is 19.2. The third-order valence-electron chi connectivity index (χ3n) is 5.76. The molecule has 1 aliphatic rings. The van der Waals surface area contributed by atoms with Crippen molar-refractivity contribution in [2.75, 3.05) is 0 Å². The number of esters is 1. The van der Waals surface area contributed by atoms with Gasteiger partial charge < -0.3 is 14.4 Å². The van der Waals surface area contributed by atoms with Crippen LogP contribution in [0.5, 0.6) is 0 Å². The first kappa shape index (κ1) is 23.9. The second-order valence-corrected chi connectivity index (χ2v) is 9.65. The minimum absolute atomic E-state index is 0.0478. The molecule has 1 unspecified atom stereocenters. The highest BCUT2D eigenvalue weighted by atomic mass is 16.6. The van der Waals surface area contributed by atoms with Gasteiger partial charge in [0, 0.05) is 23.9 Å². The lowest BCUT2D eigenvalue weighted by molar-refractivity contribution is -0.155. The summed E-state index contributed by atoms with van der Waals surface area (Å²) in [6.07, 6.45) is 12.3. The molecule has 0 saturated heterocycles. The molecular formula is C24H33N3O5. The van der Waals surface area contributed by atoms with E-state index in [1.807, 2.05) is 20.8 Å². The second kappa shape index (κ2) is 10.7.